The average Bonchev–Trinajstić information content (AvgIpc) is 3.03. The van der Waals surface area contributed by atoms with Crippen molar-refractivity contribution in [2.45, 2.75) is 38.8 Å². The van der Waals surface area contributed by atoms with Crippen molar-refractivity contribution in [3.05, 3.63) is 113 Å². The zero-order valence-corrected chi connectivity index (χ0v) is 24.5. The Bertz CT molecular complexity index is 1630. The topological polar surface area (TPSA) is 78.9 Å². The summed E-state index contributed by atoms with van der Waals surface area (Å²) in [6.07, 6.45) is 3.16. The molecule has 0 unspecified atom stereocenters. The molecule has 0 aliphatic carbocycles. The molecule has 4 aromatic carbocycles. The lowest BCUT2D eigenvalue weighted by molar-refractivity contribution is -0.0500. The number of rotatable bonds is 5. The molecule has 222 valence electrons. The Hall–Kier alpha value is -4.31. The van der Waals surface area contributed by atoms with Crippen LogP contribution in [-0.2, 0) is 20.5 Å². The van der Waals surface area contributed by atoms with Gasteiger partial charge in [-0.2, -0.15) is 21.6 Å². The van der Waals surface area contributed by atoms with Crippen LogP contribution in [0.1, 0.15) is 54.7 Å². The number of ether oxygens (including phenoxy) is 2. The van der Waals surface area contributed by atoms with Gasteiger partial charge in [-0.25, -0.2) is 4.79 Å². The van der Waals surface area contributed by atoms with Crippen molar-refractivity contribution in [3.63, 3.8) is 0 Å². The van der Waals surface area contributed by atoms with Crippen LogP contribution >= 0.6 is 0 Å². The molecule has 0 bridgehead atoms. The number of hydrogen-bond donors (Lipinski definition) is 0. The van der Waals surface area contributed by atoms with Gasteiger partial charge in [-0.1, -0.05) is 113 Å². The Balaban J connectivity index is 0.00000116. The molecule has 42 heavy (non-hydrogen) atoms. The zero-order valence-electron chi connectivity index (χ0n) is 23.7. The molecule has 6 nitrogen and oxygen atoms in total. The van der Waals surface area contributed by atoms with Crippen LogP contribution in [-0.4, -0.2) is 27.0 Å². The first kappa shape index (κ1) is 32.2. The lowest BCUT2D eigenvalue weighted by Crippen LogP contribution is -2.35. The van der Waals surface area contributed by atoms with Gasteiger partial charge in [-0.05, 0) is 12.2 Å². The maximum absolute atomic E-state index is 13.3. The minimum absolute atomic E-state index is 0.0189. The second-order valence-corrected chi connectivity index (χ2v) is 9.91. The van der Waals surface area contributed by atoms with Crippen molar-refractivity contribution in [1.29, 1.82) is 0 Å². The van der Waals surface area contributed by atoms with Crippen LogP contribution in [0.5, 0.6) is 11.5 Å². The number of carbonyl (C=O) groups is 1. The van der Waals surface area contributed by atoms with Crippen molar-refractivity contribution in [1.82, 2.24) is 0 Å². The second kappa shape index (κ2) is 13.1. The normalized spacial score (nSPS) is 13.3. The fourth-order valence-electron chi connectivity index (χ4n) is 4.46. The summed E-state index contributed by atoms with van der Waals surface area (Å²) in [6.45, 7) is 8.00. The van der Waals surface area contributed by atoms with Crippen LogP contribution in [0.3, 0.4) is 0 Å². The van der Waals surface area contributed by atoms with E-state index in [1.807, 2.05) is 88.4 Å². The van der Waals surface area contributed by atoms with E-state index >= 15 is 0 Å². The van der Waals surface area contributed by atoms with Gasteiger partial charge in [0.25, 0.3) is 0 Å². The summed E-state index contributed by atoms with van der Waals surface area (Å²) in [5, 5.41) is 0.160. The number of benzene rings is 4. The van der Waals surface area contributed by atoms with Gasteiger partial charge in [0.05, 0.1) is 7.11 Å². The van der Waals surface area contributed by atoms with E-state index in [1.165, 1.54) is 18.2 Å². The first-order chi connectivity index (χ1) is 20.1. The van der Waals surface area contributed by atoms with Crippen LogP contribution in [0.4, 0.5) is 13.2 Å². The fourth-order valence-corrected chi connectivity index (χ4v) is 4.94. The Morgan fingerprint density at radius 3 is 1.74 bits per heavy atom. The molecule has 1 aliphatic rings. The molecule has 4 aromatic rings. The van der Waals surface area contributed by atoms with Crippen molar-refractivity contribution in [3.8, 4) is 11.5 Å². The molecule has 1 heterocycles. The Kier molecular flexibility index (Phi) is 10.1. The van der Waals surface area contributed by atoms with Crippen molar-refractivity contribution < 1.29 is 40.0 Å². The minimum atomic E-state index is -6.11. The number of fused-ring (bicyclic) bond motifs is 3. The van der Waals surface area contributed by atoms with Crippen LogP contribution < -0.4 is 8.92 Å². The predicted octanol–water partition coefficient (Wildman–Crippen LogP) is 8.26. The van der Waals surface area contributed by atoms with Crippen LogP contribution in [0.15, 0.2) is 91.0 Å². The number of carbonyl (C=O) groups excluding carboxylic acids is 1. The monoisotopic (exact) mass is 600 g/mol. The van der Waals surface area contributed by atoms with E-state index in [9.17, 15) is 26.4 Å². The Labute approximate surface area is 243 Å². The van der Waals surface area contributed by atoms with Gasteiger partial charge in [-0.15, -0.1) is 0 Å². The minimum Gasteiger partial charge on any atom is -0.472 e. The lowest BCUT2D eigenvalue weighted by atomic mass is 9.82. The SMILES string of the molecule is CC.CC.COC(=O)c1c2c(c3ccccc3c1OS(=O)(=O)C(F)(F)F)OC(c1ccccc1)(c1ccccc1)C=C2. The van der Waals surface area contributed by atoms with E-state index in [2.05, 4.69) is 4.18 Å². The number of hydrogen-bond acceptors (Lipinski definition) is 6. The number of methoxy groups -OCH3 is 1. The fraction of sp³-hybridized carbons (Fsp3) is 0.219. The molecule has 10 heteroatoms. The third-order valence-corrected chi connectivity index (χ3v) is 7.13. The Morgan fingerprint density at radius 1 is 0.786 bits per heavy atom. The third kappa shape index (κ3) is 5.85. The van der Waals surface area contributed by atoms with E-state index < -0.39 is 38.5 Å². The second-order valence-electron chi connectivity index (χ2n) is 8.37. The van der Waals surface area contributed by atoms with Gasteiger partial charge in [0.1, 0.15) is 11.3 Å². The number of halogens is 3. The smallest absolute Gasteiger partial charge is 0.472 e. The van der Waals surface area contributed by atoms with E-state index in [0.29, 0.717) is 0 Å². The van der Waals surface area contributed by atoms with Crippen molar-refractivity contribution in [2.24, 2.45) is 0 Å². The molecule has 5 rings (SSSR count). The van der Waals surface area contributed by atoms with Gasteiger partial charge >= 0.3 is 21.6 Å². The van der Waals surface area contributed by atoms with Crippen molar-refractivity contribution >= 4 is 32.9 Å². The summed E-state index contributed by atoms with van der Waals surface area (Å²) in [6, 6.07) is 24.5. The molecule has 1 aliphatic heterocycles. The van der Waals surface area contributed by atoms with Crippen molar-refractivity contribution in [2.75, 3.05) is 7.11 Å². The lowest BCUT2D eigenvalue weighted by Gasteiger charge is -2.37. The molecule has 0 N–H and O–H groups in total. The summed E-state index contributed by atoms with van der Waals surface area (Å²) in [7, 11) is -5.09. The molecule has 0 fully saturated rings. The van der Waals surface area contributed by atoms with E-state index in [0.717, 1.165) is 18.2 Å². The maximum atomic E-state index is 13.3. The Morgan fingerprint density at radius 2 is 1.26 bits per heavy atom. The third-order valence-electron chi connectivity index (χ3n) is 6.18. The van der Waals surface area contributed by atoms with Gasteiger partial charge in [0.2, 0.25) is 0 Å². The predicted molar refractivity (Wildman–Crippen MR) is 157 cm³/mol. The van der Waals surface area contributed by atoms with E-state index in [1.54, 1.807) is 18.2 Å². The summed E-state index contributed by atoms with van der Waals surface area (Å²) in [4.78, 5) is 12.9. The van der Waals surface area contributed by atoms with Gasteiger partial charge < -0.3 is 13.7 Å². The molecule has 0 amide bonds. The van der Waals surface area contributed by atoms with E-state index in [-0.39, 0.29) is 22.1 Å². The molecule has 0 radical (unpaired) electrons. The van der Waals surface area contributed by atoms with Gasteiger partial charge in [0, 0.05) is 27.5 Å². The van der Waals surface area contributed by atoms with Crippen LogP contribution in [0, 0.1) is 0 Å². The highest BCUT2D eigenvalue weighted by molar-refractivity contribution is 7.88. The first-order valence-corrected chi connectivity index (χ1v) is 14.7. The summed E-state index contributed by atoms with van der Waals surface area (Å²) in [5.41, 5.74) is -5.90. The number of alkyl halides is 3. The number of esters is 1. The summed E-state index contributed by atoms with van der Waals surface area (Å²) < 4.78 is 80.0. The average molecular weight is 601 g/mol. The highest BCUT2D eigenvalue weighted by Gasteiger charge is 2.50. The maximum Gasteiger partial charge on any atom is 0.534 e. The zero-order chi connectivity index (χ0) is 31.1. The largest absolute Gasteiger partial charge is 0.534 e. The van der Waals surface area contributed by atoms with Gasteiger partial charge in [-0.3, -0.25) is 0 Å². The molecular formula is C32H31F3O6S. The molecule has 0 aromatic heterocycles. The molecular weight excluding hydrogens is 569 g/mol. The quantitative estimate of drug-likeness (QED) is 0.130. The van der Waals surface area contributed by atoms with E-state index in [4.69, 9.17) is 9.47 Å². The van der Waals surface area contributed by atoms with Crippen LogP contribution in [0.2, 0.25) is 0 Å². The highest BCUT2D eigenvalue weighted by atomic mass is 32.2. The molecule has 0 atom stereocenters. The van der Waals surface area contributed by atoms with Gasteiger partial charge in [0.15, 0.2) is 11.4 Å². The first-order valence-electron chi connectivity index (χ1n) is 13.3. The molecule has 0 saturated heterocycles. The summed E-state index contributed by atoms with van der Waals surface area (Å²) >= 11 is 0. The highest BCUT2D eigenvalue weighted by Crippen LogP contribution is 2.50. The summed E-state index contributed by atoms with van der Waals surface area (Å²) in [5.74, 6) is -1.75. The molecule has 0 spiro atoms. The standard InChI is InChI=1S/C28H19F3O6S.2C2H6/c1-35-26(32)23-22-16-17-27(18-10-4-2-5-11-18,19-12-6-3-7-13-19)36-24(22)20-14-8-9-15-21(20)25(23)37-38(33,34)28(29,30)31;2*1-2/h2-17H,1H3;2*1-2H3. The molecule has 0 saturated carbocycles. The van der Waals surface area contributed by atoms with Crippen LogP contribution in [0.25, 0.3) is 16.8 Å².